The Bertz CT molecular complexity index is 791. The third-order valence-electron chi connectivity index (χ3n) is 4.97. The lowest BCUT2D eigenvalue weighted by Crippen LogP contribution is -2.35. The van der Waals surface area contributed by atoms with Crippen LogP contribution in [0.2, 0.25) is 0 Å². The van der Waals surface area contributed by atoms with Crippen LogP contribution < -0.4 is 5.32 Å². The van der Waals surface area contributed by atoms with E-state index < -0.39 is 0 Å². The monoisotopic (exact) mass is 379 g/mol. The average molecular weight is 380 g/mol. The van der Waals surface area contributed by atoms with Gasteiger partial charge in [0.15, 0.2) is 0 Å². The van der Waals surface area contributed by atoms with Crippen molar-refractivity contribution < 1.29 is 9.59 Å². The van der Waals surface area contributed by atoms with Gasteiger partial charge in [-0.1, -0.05) is 49.4 Å². The highest BCUT2D eigenvalue weighted by atomic mass is 16.2. The number of nitrogens with one attached hydrogen (secondary N) is 1. The molecule has 2 aromatic carbocycles. The van der Waals surface area contributed by atoms with Crippen molar-refractivity contribution >= 4 is 17.6 Å². The number of carbonyl (C=O) groups excluding carboxylic acids is 2. The van der Waals surface area contributed by atoms with Crippen molar-refractivity contribution in [1.82, 2.24) is 9.80 Å². The van der Waals surface area contributed by atoms with Crippen molar-refractivity contribution in [2.75, 3.05) is 18.4 Å². The largest absolute Gasteiger partial charge is 0.338 e. The van der Waals surface area contributed by atoms with Crippen LogP contribution in [0, 0.1) is 0 Å². The van der Waals surface area contributed by atoms with Crippen LogP contribution in [0.25, 0.3) is 0 Å². The van der Waals surface area contributed by atoms with Crippen molar-refractivity contribution in [2.45, 2.75) is 45.7 Å². The van der Waals surface area contributed by atoms with Crippen molar-refractivity contribution in [3.63, 3.8) is 0 Å². The molecule has 3 amide bonds. The Balaban J connectivity index is 1.64. The van der Waals surface area contributed by atoms with Gasteiger partial charge in [-0.25, -0.2) is 4.79 Å². The van der Waals surface area contributed by atoms with Crippen molar-refractivity contribution in [2.24, 2.45) is 0 Å². The number of rotatable bonds is 7. The molecule has 1 N–H and O–H groups in total. The number of anilines is 1. The molecule has 0 bridgehead atoms. The van der Waals surface area contributed by atoms with Crippen LogP contribution in [0.5, 0.6) is 0 Å². The first-order valence-electron chi connectivity index (χ1n) is 10.1. The summed E-state index contributed by atoms with van der Waals surface area (Å²) in [5, 5.41) is 3.02. The normalized spacial score (nSPS) is 14.0. The van der Waals surface area contributed by atoms with E-state index in [9.17, 15) is 9.59 Å². The van der Waals surface area contributed by atoms with Gasteiger partial charge in [-0.2, -0.15) is 0 Å². The lowest BCUT2D eigenvalue weighted by molar-refractivity contribution is -0.133. The Morgan fingerprint density at radius 2 is 1.86 bits per heavy atom. The van der Waals surface area contributed by atoms with Crippen molar-refractivity contribution in [1.29, 1.82) is 0 Å². The van der Waals surface area contributed by atoms with Crippen LogP contribution in [-0.4, -0.2) is 34.8 Å². The minimum atomic E-state index is -0.100. The van der Waals surface area contributed by atoms with Gasteiger partial charge < -0.3 is 15.1 Å². The molecule has 0 aliphatic carbocycles. The maximum Gasteiger partial charge on any atom is 0.322 e. The number of piperidine rings is 1. The molecule has 1 aliphatic heterocycles. The number of urea groups is 1. The van der Waals surface area contributed by atoms with Crippen LogP contribution in [0.3, 0.4) is 0 Å². The summed E-state index contributed by atoms with van der Waals surface area (Å²) >= 11 is 0. The summed E-state index contributed by atoms with van der Waals surface area (Å²) < 4.78 is 0. The molecule has 1 saturated heterocycles. The Morgan fingerprint density at radius 3 is 2.61 bits per heavy atom. The molecule has 5 heteroatoms. The predicted molar refractivity (Wildman–Crippen MR) is 112 cm³/mol. The van der Waals surface area contributed by atoms with E-state index in [4.69, 9.17) is 0 Å². The zero-order chi connectivity index (χ0) is 19.8. The smallest absolute Gasteiger partial charge is 0.322 e. The number of hydrogen-bond donors (Lipinski definition) is 1. The van der Waals surface area contributed by atoms with Gasteiger partial charge in [0.05, 0.1) is 0 Å². The molecule has 1 fully saturated rings. The lowest BCUT2D eigenvalue weighted by Gasteiger charge is -2.27. The zero-order valence-electron chi connectivity index (χ0n) is 16.6. The minimum absolute atomic E-state index is 0.100. The van der Waals surface area contributed by atoms with Gasteiger partial charge in [-0.15, -0.1) is 0 Å². The molecule has 1 aliphatic rings. The van der Waals surface area contributed by atoms with Gasteiger partial charge in [0.1, 0.15) is 0 Å². The fraction of sp³-hybridized carbons (Fsp3) is 0.391. The second-order valence-corrected chi connectivity index (χ2v) is 7.31. The van der Waals surface area contributed by atoms with E-state index in [0.29, 0.717) is 26.1 Å². The van der Waals surface area contributed by atoms with Gasteiger partial charge in [-0.3, -0.25) is 4.79 Å². The first-order chi connectivity index (χ1) is 13.7. The quantitative estimate of drug-likeness (QED) is 0.762. The summed E-state index contributed by atoms with van der Waals surface area (Å²) in [4.78, 5) is 28.6. The maximum absolute atomic E-state index is 12.8. The van der Waals surface area contributed by atoms with Crippen LogP contribution in [0.15, 0.2) is 54.6 Å². The fourth-order valence-electron chi connectivity index (χ4n) is 3.53. The summed E-state index contributed by atoms with van der Waals surface area (Å²) in [6.45, 7) is 4.77. The van der Waals surface area contributed by atoms with E-state index in [1.807, 2.05) is 64.4 Å². The van der Waals surface area contributed by atoms with E-state index in [2.05, 4.69) is 12.2 Å². The lowest BCUT2D eigenvalue weighted by atomic mass is 10.1. The second-order valence-electron chi connectivity index (χ2n) is 7.31. The van der Waals surface area contributed by atoms with Gasteiger partial charge in [0.2, 0.25) is 5.91 Å². The molecule has 148 valence electrons. The number of likely N-dealkylation sites (tertiary alicyclic amines) is 1. The zero-order valence-corrected chi connectivity index (χ0v) is 16.6. The van der Waals surface area contributed by atoms with E-state index >= 15 is 0 Å². The first kappa shape index (κ1) is 19.9. The van der Waals surface area contributed by atoms with Gasteiger partial charge in [0, 0.05) is 38.3 Å². The molecule has 28 heavy (non-hydrogen) atoms. The third-order valence-corrected chi connectivity index (χ3v) is 4.97. The van der Waals surface area contributed by atoms with Crippen LogP contribution in [0.4, 0.5) is 10.5 Å². The minimum Gasteiger partial charge on any atom is -0.338 e. The molecule has 0 spiro atoms. The summed E-state index contributed by atoms with van der Waals surface area (Å²) in [5.74, 6) is 0.220. The number of benzene rings is 2. The number of carbonyl (C=O) groups is 2. The molecule has 0 atom stereocenters. The molecule has 0 unspecified atom stereocenters. The van der Waals surface area contributed by atoms with E-state index in [0.717, 1.165) is 42.6 Å². The number of amides is 3. The fourth-order valence-corrected chi connectivity index (χ4v) is 3.53. The van der Waals surface area contributed by atoms with Gasteiger partial charge in [-0.05, 0) is 42.5 Å². The summed E-state index contributed by atoms with van der Waals surface area (Å²) in [6, 6.07) is 17.7. The third kappa shape index (κ3) is 5.59. The summed E-state index contributed by atoms with van der Waals surface area (Å²) in [7, 11) is 0. The molecule has 0 saturated carbocycles. The molecule has 1 heterocycles. The number of nitrogens with zero attached hydrogens (tertiary/aromatic N) is 2. The Labute approximate surface area is 167 Å². The SMILES string of the molecule is CCCN(Cc1ccccc1)C(=O)Nc1cccc(CN2CCCCC2=O)c1. The van der Waals surface area contributed by atoms with E-state index in [-0.39, 0.29) is 11.9 Å². The molecule has 0 radical (unpaired) electrons. The van der Waals surface area contributed by atoms with Gasteiger partial charge in [0.25, 0.3) is 0 Å². The number of hydrogen-bond acceptors (Lipinski definition) is 2. The van der Waals surface area contributed by atoms with Crippen molar-refractivity contribution in [3.8, 4) is 0 Å². The van der Waals surface area contributed by atoms with Crippen LogP contribution in [0.1, 0.15) is 43.7 Å². The Kier molecular flexibility index (Phi) is 7.06. The van der Waals surface area contributed by atoms with Crippen LogP contribution >= 0.6 is 0 Å². The highest BCUT2D eigenvalue weighted by Crippen LogP contribution is 2.18. The van der Waals surface area contributed by atoms with E-state index in [1.165, 1.54) is 0 Å². The second kappa shape index (κ2) is 9.93. The highest BCUT2D eigenvalue weighted by molar-refractivity contribution is 5.89. The molecule has 0 aromatic heterocycles. The Hall–Kier alpha value is -2.82. The Morgan fingerprint density at radius 1 is 1.07 bits per heavy atom. The molecular weight excluding hydrogens is 350 g/mol. The molecule has 5 nitrogen and oxygen atoms in total. The molecule has 3 rings (SSSR count). The summed E-state index contributed by atoms with van der Waals surface area (Å²) in [5.41, 5.74) is 2.92. The average Bonchev–Trinajstić information content (AvgIpc) is 2.70. The van der Waals surface area contributed by atoms with Gasteiger partial charge >= 0.3 is 6.03 Å². The summed E-state index contributed by atoms with van der Waals surface area (Å²) in [6.07, 6.45) is 3.59. The molecular formula is C23H29N3O2. The van der Waals surface area contributed by atoms with E-state index in [1.54, 1.807) is 0 Å². The topological polar surface area (TPSA) is 52.7 Å². The first-order valence-corrected chi connectivity index (χ1v) is 10.1. The van der Waals surface area contributed by atoms with Crippen molar-refractivity contribution in [3.05, 3.63) is 65.7 Å². The molecule has 2 aromatic rings. The maximum atomic E-state index is 12.8. The standard InChI is InChI=1S/C23H29N3O2/c1-2-14-26(17-19-9-4-3-5-10-19)23(28)24-21-12-8-11-20(16-21)18-25-15-7-6-13-22(25)27/h3-5,8-12,16H,2,6-7,13-15,17-18H2,1H3,(H,24,28). The van der Waals surface area contributed by atoms with Crippen LogP contribution in [-0.2, 0) is 17.9 Å². The highest BCUT2D eigenvalue weighted by Gasteiger charge is 2.18. The predicted octanol–water partition coefficient (Wildman–Crippen LogP) is 4.64.